The number of nitrogens with zero attached hydrogens (tertiary/aromatic N) is 3. The van der Waals surface area contributed by atoms with Crippen LogP contribution in [-0.2, 0) is 11.3 Å². The van der Waals surface area contributed by atoms with Crippen LogP contribution in [0, 0.1) is 11.8 Å². The summed E-state index contributed by atoms with van der Waals surface area (Å²) in [6.45, 7) is 2.13. The molecule has 28 heavy (non-hydrogen) atoms. The lowest BCUT2D eigenvalue weighted by Crippen LogP contribution is -2.07. The van der Waals surface area contributed by atoms with E-state index in [1.54, 1.807) is 19.3 Å². The van der Waals surface area contributed by atoms with Crippen molar-refractivity contribution in [2.45, 2.75) is 38.8 Å². The van der Waals surface area contributed by atoms with Crippen molar-refractivity contribution in [3.05, 3.63) is 59.8 Å². The molecule has 0 bridgehead atoms. The van der Waals surface area contributed by atoms with Gasteiger partial charge in [0.25, 0.3) is 0 Å². The van der Waals surface area contributed by atoms with Gasteiger partial charge in [-0.2, -0.15) is 0 Å². The lowest BCUT2D eigenvalue weighted by molar-refractivity contribution is -0.137. The Labute approximate surface area is 162 Å². The maximum Gasteiger partial charge on any atom is 0.303 e. The number of aliphatic hydroxyl groups excluding tert-OH is 1. The van der Waals surface area contributed by atoms with Crippen LogP contribution in [0.4, 0.5) is 0 Å². The van der Waals surface area contributed by atoms with Crippen molar-refractivity contribution in [1.82, 2.24) is 14.7 Å². The van der Waals surface area contributed by atoms with Gasteiger partial charge in [-0.1, -0.05) is 17.0 Å². The number of aromatic nitrogens is 3. The van der Waals surface area contributed by atoms with Crippen molar-refractivity contribution in [2.75, 3.05) is 0 Å². The molecule has 0 fully saturated rings. The normalized spacial score (nSPS) is 11.6. The van der Waals surface area contributed by atoms with Gasteiger partial charge in [-0.15, -0.1) is 0 Å². The number of unbranched alkanes of at least 4 members (excludes halogenated alkanes) is 1. The lowest BCUT2D eigenvalue weighted by Gasteiger charge is -2.07. The highest BCUT2D eigenvalue weighted by Crippen LogP contribution is 2.22. The van der Waals surface area contributed by atoms with E-state index in [9.17, 15) is 9.90 Å². The highest BCUT2D eigenvalue weighted by atomic mass is 16.5. The molecule has 3 aromatic rings. The van der Waals surface area contributed by atoms with Gasteiger partial charge >= 0.3 is 5.97 Å². The molecular weight excluding hydrogens is 358 g/mol. The second-order valence-electron chi connectivity index (χ2n) is 6.40. The number of aliphatic carboxylic acids is 1. The first-order valence-electron chi connectivity index (χ1n) is 8.98. The van der Waals surface area contributed by atoms with Crippen LogP contribution in [0.2, 0.25) is 0 Å². The molecule has 0 aliphatic carbocycles. The fourth-order valence-corrected chi connectivity index (χ4v) is 2.73. The number of carboxylic acids is 1. The van der Waals surface area contributed by atoms with Crippen molar-refractivity contribution >= 4 is 5.97 Å². The van der Waals surface area contributed by atoms with Crippen molar-refractivity contribution in [1.29, 1.82) is 0 Å². The van der Waals surface area contributed by atoms with Gasteiger partial charge in [0, 0.05) is 42.4 Å². The van der Waals surface area contributed by atoms with E-state index in [1.807, 2.05) is 34.9 Å². The molecule has 0 radical (unpaired) electrons. The third-order valence-corrected chi connectivity index (χ3v) is 4.11. The molecule has 7 nitrogen and oxygen atoms in total. The molecule has 0 saturated heterocycles. The molecule has 7 heteroatoms. The number of rotatable bonds is 7. The van der Waals surface area contributed by atoms with Gasteiger partial charge in [-0.05, 0) is 37.6 Å². The molecule has 1 aromatic carbocycles. The molecule has 0 saturated carbocycles. The summed E-state index contributed by atoms with van der Waals surface area (Å²) in [5.74, 6) is 6.44. The molecule has 2 N–H and O–H groups in total. The predicted octanol–water partition coefficient (Wildman–Crippen LogP) is 3.25. The Hall–Kier alpha value is -3.37. The van der Waals surface area contributed by atoms with E-state index in [1.165, 1.54) is 0 Å². The second kappa shape index (κ2) is 9.02. The van der Waals surface area contributed by atoms with E-state index < -0.39 is 12.1 Å². The van der Waals surface area contributed by atoms with Crippen molar-refractivity contribution in [2.24, 2.45) is 0 Å². The summed E-state index contributed by atoms with van der Waals surface area (Å²) in [5, 5.41) is 22.4. The van der Waals surface area contributed by atoms with Crippen LogP contribution in [-0.4, -0.2) is 30.9 Å². The molecule has 144 valence electrons. The third-order valence-electron chi connectivity index (χ3n) is 4.11. The van der Waals surface area contributed by atoms with E-state index in [2.05, 4.69) is 22.0 Å². The first-order chi connectivity index (χ1) is 13.5. The Kier molecular flexibility index (Phi) is 6.25. The van der Waals surface area contributed by atoms with Crippen LogP contribution in [0.3, 0.4) is 0 Å². The Bertz CT molecular complexity index is 991. The molecule has 0 spiro atoms. The summed E-state index contributed by atoms with van der Waals surface area (Å²) in [4.78, 5) is 14.6. The number of hydrogen-bond donors (Lipinski definition) is 2. The minimum Gasteiger partial charge on any atom is -0.481 e. The number of imidazole rings is 1. The third kappa shape index (κ3) is 5.09. The average molecular weight is 379 g/mol. The smallest absolute Gasteiger partial charge is 0.303 e. The number of carbonyl (C=O) groups is 1. The number of aliphatic hydroxyl groups is 1. The van der Waals surface area contributed by atoms with E-state index in [0.29, 0.717) is 31.0 Å². The largest absolute Gasteiger partial charge is 0.481 e. The van der Waals surface area contributed by atoms with E-state index in [-0.39, 0.29) is 6.42 Å². The molecule has 0 unspecified atom stereocenters. The Morgan fingerprint density at radius 3 is 2.82 bits per heavy atom. The first-order valence-corrected chi connectivity index (χ1v) is 8.98. The topological polar surface area (TPSA) is 101 Å². The molecule has 1 atom stereocenters. The summed E-state index contributed by atoms with van der Waals surface area (Å²) in [6, 6.07) is 9.46. The van der Waals surface area contributed by atoms with Gasteiger partial charge in [0.2, 0.25) is 0 Å². The second-order valence-corrected chi connectivity index (χ2v) is 6.40. The zero-order valence-electron chi connectivity index (χ0n) is 15.5. The van der Waals surface area contributed by atoms with Crippen molar-refractivity contribution < 1.29 is 19.5 Å². The molecule has 0 amide bonds. The maximum atomic E-state index is 10.5. The van der Waals surface area contributed by atoms with Crippen LogP contribution < -0.4 is 0 Å². The minimum absolute atomic E-state index is 0.138. The highest BCUT2D eigenvalue weighted by molar-refractivity contribution is 5.66. The molecule has 2 aromatic heterocycles. The van der Waals surface area contributed by atoms with Crippen LogP contribution in [0.5, 0.6) is 0 Å². The SMILES string of the molecule is C[C@H](O)c1nccn1Cc1cc(-c2ccc(C#CCCCC(=O)O)cc2)on1. The zero-order chi connectivity index (χ0) is 19.9. The quantitative estimate of drug-likeness (QED) is 0.483. The maximum absolute atomic E-state index is 10.5. The minimum atomic E-state index is -0.798. The Morgan fingerprint density at radius 2 is 2.11 bits per heavy atom. The standard InChI is InChI=1S/C21H21N3O4/c1-15(25)21-22-11-12-24(21)14-18-13-19(28-23-18)17-9-7-16(8-10-17)5-3-2-4-6-20(26)27/h7-13,15,25H,2,4,6,14H2,1H3,(H,26,27)/t15-/m0/s1. The molecule has 0 aliphatic rings. The fourth-order valence-electron chi connectivity index (χ4n) is 2.73. The van der Waals surface area contributed by atoms with Gasteiger partial charge in [0.15, 0.2) is 5.76 Å². The number of hydrogen-bond acceptors (Lipinski definition) is 5. The van der Waals surface area contributed by atoms with Crippen molar-refractivity contribution in [3.63, 3.8) is 0 Å². The van der Waals surface area contributed by atoms with E-state index in [0.717, 1.165) is 16.8 Å². The van der Waals surface area contributed by atoms with Gasteiger partial charge in [-0.25, -0.2) is 4.98 Å². The number of benzene rings is 1. The summed E-state index contributed by atoms with van der Waals surface area (Å²) >= 11 is 0. The van der Waals surface area contributed by atoms with Gasteiger partial charge in [-0.3, -0.25) is 4.79 Å². The Balaban J connectivity index is 1.63. The Morgan fingerprint density at radius 1 is 1.32 bits per heavy atom. The first kappa shape index (κ1) is 19.4. The van der Waals surface area contributed by atoms with Crippen LogP contribution in [0.25, 0.3) is 11.3 Å². The van der Waals surface area contributed by atoms with Crippen molar-refractivity contribution in [3.8, 4) is 23.2 Å². The summed E-state index contributed by atoms with van der Waals surface area (Å²) < 4.78 is 7.27. The van der Waals surface area contributed by atoms with Crippen LogP contribution >= 0.6 is 0 Å². The van der Waals surface area contributed by atoms with Gasteiger partial charge < -0.3 is 19.3 Å². The lowest BCUT2D eigenvalue weighted by atomic mass is 10.1. The molecular formula is C21H21N3O4. The molecule has 0 aliphatic heterocycles. The van der Waals surface area contributed by atoms with Crippen LogP contribution in [0.1, 0.15) is 49.4 Å². The summed E-state index contributed by atoms with van der Waals surface area (Å²) in [6.07, 6.45) is 4.03. The van der Waals surface area contributed by atoms with E-state index >= 15 is 0 Å². The molecule has 3 rings (SSSR count). The zero-order valence-corrected chi connectivity index (χ0v) is 15.5. The summed E-state index contributed by atoms with van der Waals surface area (Å²) in [7, 11) is 0. The monoisotopic (exact) mass is 379 g/mol. The predicted molar refractivity (Wildman–Crippen MR) is 102 cm³/mol. The molecule has 2 heterocycles. The van der Waals surface area contributed by atoms with Gasteiger partial charge in [0.05, 0.1) is 6.54 Å². The highest BCUT2D eigenvalue weighted by Gasteiger charge is 2.12. The van der Waals surface area contributed by atoms with Crippen LogP contribution in [0.15, 0.2) is 47.2 Å². The fraction of sp³-hybridized carbons (Fsp3) is 0.286. The number of carboxylic acid groups (broad SMARTS) is 1. The average Bonchev–Trinajstić information content (AvgIpc) is 3.32. The summed E-state index contributed by atoms with van der Waals surface area (Å²) in [5.41, 5.74) is 2.48. The van der Waals surface area contributed by atoms with E-state index in [4.69, 9.17) is 9.63 Å². The van der Waals surface area contributed by atoms with Gasteiger partial charge in [0.1, 0.15) is 17.6 Å².